The molecule has 7 heteroatoms. The second kappa shape index (κ2) is 6.22. The normalized spacial score (nSPS) is 17.8. The standard InChI is InChI=1S/C17H20F3N3O/c1-11-7-12(2)23(21-11)15-8-22(9-15)10-16(24)13-3-5-14(6-4-13)17(18,19)20/h3-7,15-16,24H,8-10H2,1-2H3/t16-/m1/s1. The summed E-state index contributed by atoms with van der Waals surface area (Å²) in [6.07, 6.45) is -5.15. The maximum Gasteiger partial charge on any atom is 0.416 e. The van der Waals surface area contributed by atoms with Gasteiger partial charge in [-0.1, -0.05) is 12.1 Å². The number of hydrogen-bond acceptors (Lipinski definition) is 3. The van der Waals surface area contributed by atoms with Gasteiger partial charge < -0.3 is 5.11 Å². The SMILES string of the molecule is Cc1cc(C)n(C2CN(C[C@@H](O)c3ccc(C(F)(F)F)cc3)C2)n1. The van der Waals surface area contributed by atoms with E-state index in [4.69, 9.17) is 0 Å². The fourth-order valence-electron chi connectivity index (χ4n) is 3.11. The van der Waals surface area contributed by atoms with Gasteiger partial charge in [-0.15, -0.1) is 0 Å². The van der Waals surface area contributed by atoms with E-state index in [0.29, 0.717) is 18.2 Å². The summed E-state index contributed by atoms with van der Waals surface area (Å²) in [7, 11) is 0. The minimum absolute atomic E-state index is 0.290. The zero-order valence-electron chi connectivity index (χ0n) is 13.6. The van der Waals surface area contributed by atoms with Crippen molar-refractivity contribution < 1.29 is 18.3 Å². The van der Waals surface area contributed by atoms with E-state index in [1.807, 2.05) is 24.6 Å². The number of aryl methyl sites for hydroxylation is 2. The van der Waals surface area contributed by atoms with E-state index in [9.17, 15) is 18.3 Å². The third-order valence-electron chi connectivity index (χ3n) is 4.38. The summed E-state index contributed by atoms with van der Waals surface area (Å²) in [5.74, 6) is 0. The number of aromatic nitrogens is 2. The highest BCUT2D eigenvalue weighted by atomic mass is 19.4. The van der Waals surface area contributed by atoms with E-state index in [-0.39, 0.29) is 0 Å². The van der Waals surface area contributed by atoms with Gasteiger partial charge in [0.05, 0.1) is 23.4 Å². The molecule has 0 bridgehead atoms. The molecular formula is C17H20F3N3O. The predicted octanol–water partition coefficient (Wildman–Crippen LogP) is 3.11. The molecular weight excluding hydrogens is 319 g/mol. The lowest BCUT2D eigenvalue weighted by Gasteiger charge is -2.40. The number of aliphatic hydroxyl groups is 1. The molecule has 1 aromatic carbocycles. The van der Waals surface area contributed by atoms with Crippen molar-refractivity contribution in [1.29, 1.82) is 0 Å². The van der Waals surface area contributed by atoms with Crippen LogP contribution in [0.25, 0.3) is 0 Å². The van der Waals surface area contributed by atoms with Crippen LogP contribution in [0.3, 0.4) is 0 Å². The van der Waals surface area contributed by atoms with Gasteiger partial charge in [-0.3, -0.25) is 9.58 Å². The first-order valence-electron chi connectivity index (χ1n) is 7.84. The highest BCUT2D eigenvalue weighted by Gasteiger charge is 2.32. The quantitative estimate of drug-likeness (QED) is 0.931. The van der Waals surface area contributed by atoms with Gasteiger partial charge in [-0.25, -0.2) is 0 Å². The number of rotatable bonds is 4. The first kappa shape index (κ1) is 17.0. The van der Waals surface area contributed by atoms with Crippen LogP contribution in [-0.2, 0) is 6.18 Å². The van der Waals surface area contributed by atoms with Crippen molar-refractivity contribution in [2.45, 2.75) is 32.2 Å². The molecule has 1 atom stereocenters. The van der Waals surface area contributed by atoms with Crippen LogP contribution < -0.4 is 0 Å². The van der Waals surface area contributed by atoms with E-state index in [1.54, 1.807) is 0 Å². The van der Waals surface area contributed by atoms with Gasteiger partial charge in [0.15, 0.2) is 0 Å². The van der Waals surface area contributed by atoms with Gasteiger partial charge in [-0.2, -0.15) is 18.3 Å². The third kappa shape index (κ3) is 3.47. The monoisotopic (exact) mass is 339 g/mol. The Balaban J connectivity index is 1.55. The molecule has 24 heavy (non-hydrogen) atoms. The van der Waals surface area contributed by atoms with Crippen molar-refractivity contribution in [3.8, 4) is 0 Å². The van der Waals surface area contributed by atoms with Crippen LogP contribution in [0.5, 0.6) is 0 Å². The Hall–Kier alpha value is -1.86. The molecule has 4 nitrogen and oxygen atoms in total. The number of alkyl halides is 3. The van der Waals surface area contributed by atoms with E-state index >= 15 is 0 Å². The lowest BCUT2D eigenvalue weighted by atomic mass is 10.0. The number of nitrogens with zero attached hydrogens (tertiary/aromatic N) is 3. The molecule has 130 valence electrons. The van der Waals surface area contributed by atoms with Crippen molar-refractivity contribution in [1.82, 2.24) is 14.7 Å². The second-order valence-electron chi connectivity index (χ2n) is 6.38. The Morgan fingerprint density at radius 3 is 2.33 bits per heavy atom. The van der Waals surface area contributed by atoms with Gasteiger partial charge in [0, 0.05) is 25.3 Å². The summed E-state index contributed by atoms with van der Waals surface area (Å²) in [6, 6.07) is 7.01. The van der Waals surface area contributed by atoms with Crippen molar-refractivity contribution in [3.05, 3.63) is 52.8 Å². The largest absolute Gasteiger partial charge is 0.416 e. The molecule has 1 N–H and O–H groups in total. The van der Waals surface area contributed by atoms with Crippen LogP contribution in [0.15, 0.2) is 30.3 Å². The van der Waals surface area contributed by atoms with Crippen LogP contribution >= 0.6 is 0 Å². The van der Waals surface area contributed by atoms with Gasteiger partial charge in [0.1, 0.15) is 0 Å². The van der Waals surface area contributed by atoms with Gasteiger partial charge in [0.2, 0.25) is 0 Å². The highest BCUT2D eigenvalue weighted by molar-refractivity contribution is 5.26. The van der Waals surface area contributed by atoms with E-state index in [1.165, 1.54) is 12.1 Å². The van der Waals surface area contributed by atoms with E-state index < -0.39 is 17.8 Å². The van der Waals surface area contributed by atoms with Crippen molar-refractivity contribution in [3.63, 3.8) is 0 Å². The molecule has 0 amide bonds. The number of halogens is 3. The Bertz CT molecular complexity index is 703. The summed E-state index contributed by atoms with van der Waals surface area (Å²) in [4.78, 5) is 2.07. The van der Waals surface area contributed by atoms with Gasteiger partial charge >= 0.3 is 6.18 Å². The van der Waals surface area contributed by atoms with Crippen LogP contribution in [0.1, 0.15) is 34.7 Å². The third-order valence-corrected chi connectivity index (χ3v) is 4.38. The van der Waals surface area contributed by atoms with E-state index in [2.05, 4.69) is 10.00 Å². The molecule has 1 aliphatic heterocycles. The minimum Gasteiger partial charge on any atom is -0.387 e. The summed E-state index contributed by atoms with van der Waals surface area (Å²) in [5, 5.41) is 14.7. The average molecular weight is 339 g/mol. The van der Waals surface area contributed by atoms with Crippen molar-refractivity contribution in [2.75, 3.05) is 19.6 Å². The molecule has 0 aliphatic carbocycles. The average Bonchev–Trinajstić information content (AvgIpc) is 2.79. The maximum absolute atomic E-state index is 12.6. The Labute approximate surface area is 138 Å². The zero-order valence-corrected chi connectivity index (χ0v) is 13.6. The van der Waals surface area contributed by atoms with Crippen molar-refractivity contribution >= 4 is 0 Å². The smallest absolute Gasteiger partial charge is 0.387 e. The maximum atomic E-state index is 12.6. The molecule has 0 spiro atoms. The summed E-state index contributed by atoms with van der Waals surface area (Å²) in [5.41, 5.74) is 1.89. The molecule has 2 aromatic rings. The number of hydrogen-bond donors (Lipinski definition) is 1. The molecule has 0 radical (unpaired) electrons. The predicted molar refractivity (Wildman–Crippen MR) is 83.6 cm³/mol. The number of aliphatic hydroxyl groups excluding tert-OH is 1. The van der Waals surface area contributed by atoms with Crippen LogP contribution in [0, 0.1) is 13.8 Å². The van der Waals surface area contributed by atoms with Crippen molar-refractivity contribution in [2.24, 2.45) is 0 Å². The first-order valence-corrected chi connectivity index (χ1v) is 7.84. The topological polar surface area (TPSA) is 41.3 Å². The van der Waals surface area contributed by atoms with Gasteiger partial charge in [-0.05, 0) is 37.6 Å². The van der Waals surface area contributed by atoms with Crippen LogP contribution in [0.4, 0.5) is 13.2 Å². The number of likely N-dealkylation sites (tertiary alicyclic amines) is 1. The highest BCUT2D eigenvalue weighted by Crippen LogP contribution is 2.30. The molecule has 1 aromatic heterocycles. The van der Waals surface area contributed by atoms with E-state index in [0.717, 1.165) is 36.6 Å². The van der Waals surface area contributed by atoms with Gasteiger partial charge in [0.25, 0.3) is 0 Å². The second-order valence-corrected chi connectivity index (χ2v) is 6.38. The molecule has 1 aliphatic rings. The summed E-state index contributed by atoms with van der Waals surface area (Å²) >= 11 is 0. The summed E-state index contributed by atoms with van der Waals surface area (Å²) < 4.78 is 39.7. The molecule has 1 saturated heterocycles. The van der Waals surface area contributed by atoms with Crippen LogP contribution in [-0.4, -0.2) is 39.4 Å². The Morgan fingerprint density at radius 2 is 1.83 bits per heavy atom. The number of benzene rings is 1. The Kier molecular flexibility index (Phi) is 4.40. The Morgan fingerprint density at radius 1 is 1.21 bits per heavy atom. The fourth-order valence-corrected chi connectivity index (χ4v) is 3.11. The molecule has 0 unspecified atom stereocenters. The molecule has 2 heterocycles. The summed E-state index contributed by atoms with van der Waals surface area (Å²) in [6.45, 7) is 5.93. The lowest BCUT2D eigenvalue weighted by Crippen LogP contribution is -2.49. The fraction of sp³-hybridized carbons (Fsp3) is 0.471. The number of β-amino-alcohol motifs (C(OH)–C–C–N with tert-alkyl or cyclic N) is 1. The molecule has 1 fully saturated rings. The van der Waals surface area contributed by atoms with Crippen LogP contribution in [0.2, 0.25) is 0 Å². The first-order chi connectivity index (χ1) is 11.2. The molecule has 3 rings (SSSR count). The lowest BCUT2D eigenvalue weighted by molar-refractivity contribution is -0.137. The molecule has 0 saturated carbocycles. The minimum atomic E-state index is -4.35. The zero-order chi connectivity index (χ0) is 17.5.